The quantitative estimate of drug-likeness (QED) is 0.298. The number of nitro groups is 1. The second kappa shape index (κ2) is 3.54. The van der Waals surface area contributed by atoms with Crippen LogP contribution in [-0.4, -0.2) is 15.8 Å². The fraction of sp³-hybridized carbons (Fsp3) is 0.125. The van der Waals surface area contributed by atoms with Crippen LogP contribution in [0.3, 0.4) is 0 Å². The first-order valence-corrected chi connectivity index (χ1v) is 3.42. The van der Waals surface area contributed by atoms with Crippen LogP contribution in [-0.2, 0) is 6.54 Å². The van der Waals surface area contributed by atoms with Gasteiger partial charge >= 0.3 is 5.82 Å². The van der Waals surface area contributed by atoms with E-state index in [1.54, 1.807) is 0 Å². The molecular weight excluding hydrogens is 172 g/mol. The molecule has 0 radical (unpaired) electrons. The van der Waals surface area contributed by atoms with E-state index < -0.39 is 4.92 Å². The molecule has 0 unspecified atom stereocenters. The van der Waals surface area contributed by atoms with E-state index in [1.807, 2.05) is 0 Å². The molecule has 0 saturated heterocycles. The zero-order valence-corrected chi connectivity index (χ0v) is 6.64. The maximum atomic E-state index is 10.4. The number of nitrogens with zero attached hydrogens (tertiary/aromatic N) is 2. The highest BCUT2D eigenvalue weighted by atomic mass is 16.6. The van der Waals surface area contributed by atoms with Crippen molar-refractivity contribution in [2.24, 2.45) is 0 Å². The van der Waals surface area contributed by atoms with Crippen LogP contribution in [0.15, 0.2) is 12.3 Å². The lowest BCUT2D eigenvalue weighted by Crippen LogP contribution is -1.99. The summed E-state index contributed by atoms with van der Waals surface area (Å²) in [7, 11) is 0. The van der Waals surface area contributed by atoms with E-state index in [4.69, 9.17) is 6.42 Å². The third-order valence-corrected chi connectivity index (χ3v) is 1.48. The van der Waals surface area contributed by atoms with E-state index in [9.17, 15) is 14.9 Å². The van der Waals surface area contributed by atoms with Gasteiger partial charge in [0.05, 0.1) is 5.56 Å². The molecule has 1 aromatic rings. The molecule has 0 fully saturated rings. The molecule has 0 aliphatic rings. The average molecular weight is 178 g/mol. The fourth-order valence-electron chi connectivity index (χ4n) is 0.962. The van der Waals surface area contributed by atoms with Crippen LogP contribution < -0.4 is 0 Å². The minimum Gasteiger partial charge on any atom is -0.358 e. The molecule has 0 bridgehead atoms. The van der Waals surface area contributed by atoms with Crippen LogP contribution in [0.4, 0.5) is 5.82 Å². The predicted molar refractivity (Wildman–Crippen MR) is 45.3 cm³/mol. The normalized spacial score (nSPS) is 9.15. The van der Waals surface area contributed by atoms with E-state index in [1.165, 1.54) is 16.8 Å². The van der Waals surface area contributed by atoms with Crippen molar-refractivity contribution in [1.29, 1.82) is 0 Å². The van der Waals surface area contributed by atoms with Crippen LogP contribution in [0, 0.1) is 22.5 Å². The molecular formula is C8H6N2O3. The molecule has 0 aromatic carbocycles. The number of hydrogen-bond acceptors (Lipinski definition) is 3. The van der Waals surface area contributed by atoms with Gasteiger partial charge in [0.25, 0.3) is 0 Å². The average Bonchev–Trinajstić information content (AvgIpc) is 2.48. The Morgan fingerprint density at radius 1 is 1.77 bits per heavy atom. The molecule has 5 nitrogen and oxygen atoms in total. The van der Waals surface area contributed by atoms with Gasteiger partial charge in [-0.25, -0.2) is 4.57 Å². The number of carbonyl (C=O) groups is 1. The van der Waals surface area contributed by atoms with Crippen molar-refractivity contribution in [2.45, 2.75) is 6.54 Å². The van der Waals surface area contributed by atoms with Crippen LogP contribution in [0.1, 0.15) is 10.4 Å². The van der Waals surface area contributed by atoms with Crippen molar-refractivity contribution in [3.63, 3.8) is 0 Å². The van der Waals surface area contributed by atoms with Gasteiger partial charge in [-0.2, -0.15) is 0 Å². The standard InChI is InChI=1S/C8H6N2O3/c1-2-3-9-5-7(6-11)4-8(9)10(12)13/h1,4-6H,3H2. The number of carbonyl (C=O) groups excluding carboxylic acids is 1. The predicted octanol–water partition coefficient (Wildman–Crippen LogP) is 0.842. The van der Waals surface area contributed by atoms with Crippen molar-refractivity contribution in [2.75, 3.05) is 0 Å². The van der Waals surface area contributed by atoms with E-state index in [-0.39, 0.29) is 17.9 Å². The molecule has 1 heterocycles. The number of rotatable bonds is 3. The second-order valence-electron chi connectivity index (χ2n) is 2.34. The van der Waals surface area contributed by atoms with Gasteiger partial charge in [-0.1, -0.05) is 5.92 Å². The van der Waals surface area contributed by atoms with Gasteiger partial charge in [0, 0.05) is 6.07 Å². The van der Waals surface area contributed by atoms with Gasteiger partial charge in [-0.15, -0.1) is 6.42 Å². The monoisotopic (exact) mass is 178 g/mol. The number of aldehydes is 1. The molecule has 0 aliphatic carbocycles. The molecule has 1 rings (SSSR count). The Morgan fingerprint density at radius 2 is 2.46 bits per heavy atom. The summed E-state index contributed by atoms with van der Waals surface area (Å²) in [4.78, 5) is 20.2. The third-order valence-electron chi connectivity index (χ3n) is 1.48. The van der Waals surface area contributed by atoms with Crippen molar-refractivity contribution in [1.82, 2.24) is 4.57 Å². The number of hydrogen-bond donors (Lipinski definition) is 0. The summed E-state index contributed by atoms with van der Waals surface area (Å²) in [6.45, 7) is 0.0875. The third kappa shape index (κ3) is 1.73. The Morgan fingerprint density at radius 3 is 2.92 bits per heavy atom. The first-order chi connectivity index (χ1) is 6.19. The van der Waals surface area contributed by atoms with Gasteiger partial charge in [-0.05, 0) is 4.92 Å². The lowest BCUT2D eigenvalue weighted by molar-refractivity contribution is -0.391. The van der Waals surface area contributed by atoms with E-state index >= 15 is 0 Å². The summed E-state index contributed by atoms with van der Waals surface area (Å²) in [5, 5.41) is 10.4. The minimum absolute atomic E-state index is 0.0875. The molecule has 0 saturated carbocycles. The summed E-state index contributed by atoms with van der Waals surface area (Å²) in [6, 6.07) is 1.18. The lowest BCUT2D eigenvalue weighted by Gasteiger charge is -1.94. The molecule has 1 aromatic heterocycles. The van der Waals surface area contributed by atoms with Crippen LogP contribution >= 0.6 is 0 Å². The minimum atomic E-state index is -0.579. The SMILES string of the molecule is C#CCn1cc(C=O)cc1[N+](=O)[O-]. The summed E-state index contributed by atoms with van der Waals surface area (Å²) in [5.41, 5.74) is 0.252. The summed E-state index contributed by atoms with van der Waals surface area (Å²) >= 11 is 0. The summed E-state index contributed by atoms with van der Waals surface area (Å²) < 4.78 is 1.24. The largest absolute Gasteiger partial charge is 0.358 e. The van der Waals surface area contributed by atoms with Gasteiger partial charge in [0.2, 0.25) is 0 Å². The highest BCUT2D eigenvalue weighted by molar-refractivity contribution is 5.75. The highest BCUT2D eigenvalue weighted by Crippen LogP contribution is 2.14. The first kappa shape index (κ1) is 9.00. The molecule has 0 spiro atoms. The van der Waals surface area contributed by atoms with Crippen molar-refractivity contribution in [3.8, 4) is 12.3 Å². The fourth-order valence-corrected chi connectivity index (χ4v) is 0.962. The zero-order chi connectivity index (χ0) is 9.84. The molecule has 0 aliphatic heterocycles. The zero-order valence-electron chi connectivity index (χ0n) is 6.64. The van der Waals surface area contributed by atoms with Crippen molar-refractivity contribution < 1.29 is 9.72 Å². The van der Waals surface area contributed by atoms with Crippen molar-refractivity contribution in [3.05, 3.63) is 27.9 Å². The topological polar surface area (TPSA) is 65.1 Å². The Balaban J connectivity index is 3.16. The van der Waals surface area contributed by atoms with E-state index in [2.05, 4.69) is 5.92 Å². The molecule has 5 heteroatoms. The lowest BCUT2D eigenvalue weighted by atomic mass is 10.4. The van der Waals surface area contributed by atoms with Gasteiger partial charge in [-0.3, -0.25) is 4.79 Å². The second-order valence-corrected chi connectivity index (χ2v) is 2.34. The highest BCUT2D eigenvalue weighted by Gasteiger charge is 2.14. The molecule has 0 atom stereocenters. The molecule has 66 valence electrons. The number of terminal acetylenes is 1. The smallest absolute Gasteiger partial charge is 0.324 e. The van der Waals surface area contributed by atoms with Crippen LogP contribution in [0.2, 0.25) is 0 Å². The Hall–Kier alpha value is -2.09. The maximum Gasteiger partial charge on any atom is 0.324 e. The van der Waals surface area contributed by atoms with E-state index in [0.717, 1.165) is 0 Å². The van der Waals surface area contributed by atoms with E-state index in [0.29, 0.717) is 6.29 Å². The summed E-state index contributed by atoms with van der Waals surface area (Å²) in [5.74, 6) is 2.09. The number of aromatic nitrogens is 1. The van der Waals surface area contributed by atoms with Crippen LogP contribution in [0.25, 0.3) is 0 Å². The Bertz CT molecular complexity index is 387. The summed E-state index contributed by atoms with van der Waals surface area (Å²) in [6.07, 6.45) is 6.89. The Labute approximate surface area is 74.1 Å². The first-order valence-electron chi connectivity index (χ1n) is 3.42. The van der Waals surface area contributed by atoms with Gasteiger partial charge in [0.15, 0.2) is 12.8 Å². The molecule has 0 N–H and O–H groups in total. The molecule has 13 heavy (non-hydrogen) atoms. The van der Waals surface area contributed by atoms with Gasteiger partial charge in [0.1, 0.15) is 6.20 Å². The van der Waals surface area contributed by atoms with Gasteiger partial charge < -0.3 is 10.1 Å². The van der Waals surface area contributed by atoms with Crippen molar-refractivity contribution >= 4 is 12.1 Å². The maximum absolute atomic E-state index is 10.4. The Kier molecular flexibility index (Phi) is 2.45. The molecule has 0 amide bonds. The van der Waals surface area contributed by atoms with Crippen LogP contribution in [0.5, 0.6) is 0 Å².